The van der Waals surface area contributed by atoms with Gasteiger partial charge in [-0.1, -0.05) is 19.3 Å². The maximum absolute atomic E-state index is 13.1. The van der Waals surface area contributed by atoms with Crippen LogP contribution >= 0.6 is 0 Å². The van der Waals surface area contributed by atoms with Gasteiger partial charge in [-0.2, -0.15) is 0 Å². The summed E-state index contributed by atoms with van der Waals surface area (Å²) < 4.78 is 44.0. The highest BCUT2D eigenvalue weighted by Crippen LogP contribution is 2.34. The molecule has 1 aromatic rings. The smallest absolute Gasteiger partial charge is 0.238 e. The number of halogens is 1. The number of sulfone groups is 1. The molecule has 1 atom stereocenters. The van der Waals surface area contributed by atoms with Gasteiger partial charge in [-0.15, -0.1) is 0 Å². The van der Waals surface area contributed by atoms with E-state index in [-0.39, 0.29) is 10.4 Å². The number of nitrogens with one attached hydrogen (secondary N) is 1. The average molecular weight is 413 g/mol. The van der Waals surface area contributed by atoms with Gasteiger partial charge in [0.25, 0.3) is 0 Å². The van der Waals surface area contributed by atoms with Crippen molar-refractivity contribution in [2.24, 2.45) is 0 Å². The molecule has 2 fully saturated rings. The topological polar surface area (TPSA) is 75.7 Å². The molecule has 0 radical (unpaired) electrons. The van der Waals surface area contributed by atoms with Crippen LogP contribution in [0.15, 0.2) is 29.2 Å². The Labute approximate surface area is 166 Å². The number of nitrogens with zero attached hydrogens (tertiary/aromatic N) is 1. The first-order chi connectivity index (χ1) is 13.3. The van der Waals surface area contributed by atoms with Crippen LogP contribution in [-0.4, -0.2) is 62.9 Å². The monoisotopic (exact) mass is 412 g/mol. The molecule has 1 saturated heterocycles. The molecular weight excluding hydrogens is 383 g/mol. The molecule has 3 rings (SSSR count). The van der Waals surface area contributed by atoms with Crippen LogP contribution in [0.1, 0.15) is 39.0 Å². The Kier molecular flexibility index (Phi) is 6.73. The van der Waals surface area contributed by atoms with Crippen molar-refractivity contribution in [3.8, 4) is 0 Å². The molecule has 8 heteroatoms. The van der Waals surface area contributed by atoms with Crippen molar-refractivity contribution in [2.45, 2.75) is 54.7 Å². The molecule has 0 spiro atoms. The molecule has 1 aromatic carbocycles. The maximum Gasteiger partial charge on any atom is 0.238 e. The Morgan fingerprint density at radius 2 is 1.79 bits per heavy atom. The molecule has 156 valence electrons. The summed E-state index contributed by atoms with van der Waals surface area (Å²) >= 11 is 0. The molecule has 2 aliphatic rings. The van der Waals surface area contributed by atoms with E-state index in [1.807, 2.05) is 0 Å². The zero-order valence-corrected chi connectivity index (χ0v) is 17.1. The lowest BCUT2D eigenvalue weighted by Crippen LogP contribution is -2.60. The van der Waals surface area contributed by atoms with E-state index in [4.69, 9.17) is 4.74 Å². The predicted molar refractivity (Wildman–Crippen MR) is 104 cm³/mol. The van der Waals surface area contributed by atoms with Crippen molar-refractivity contribution in [1.29, 1.82) is 0 Å². The van der Waals surface area contributed by atoms with Gasteiger partial charge in [0.2, 0.25) is 5.91 Å². The van der Waals surface area contributed by atoms with Crippen LogP contribution in [0.4, 0.5) is 4.39 Å². The number of amides is 1. The average Bonchev–Trinajstić information content (AvgIpc) is 2.73. The summed E-state index contributed by atoms with van der Waals surface area (Å²) in [5.74, 6) is -1.02. The zero-order chi connectivity index (χ0) is 20.2. The van der Waals surface area contributed by atoms with Crippen molar-refractivity contribution in [3.05, 3.63) is 30.1 Å². The first-order valence-corrected chi connectivity index (χ1v) is 11.5. The van der Waals surface area contributed by atoms with Crippen molar-refractivity contribution in [1.82, 2.24) is 10.2 Å². The predicted octanol–water partition coefficient (Wildman–Crippen LogP) is 2.14. The number of rotatable bonds is 6. The van der Waals surface area contributed by atoms with E-state index in [2.05, 4.69) is 10.2 Å². The molecule has 1 amide bonds. The van der Waals surface area contributed by atoms with Crippen LogP contribution in [0.3, 0.4) is 0 Å². The standard InChI is InChI=1S/C20H29FN2O4S/c1-16(28(25,26)18-7-5-17(21)6-8-18)19(24)22-15-20(9-3-2-4-10-20)23-11-13-27-14-12-23/h5-8,16H,2-4,9-15H2,1H3,(H,22,24). The van der Waals surface area contributed by atoms with Crippen LogP contribution < -0.4 is 5.32 Å². The van der Waals surface area contributed by atoms with Crippen molar-refractivity contribution in [3.63, 3.8) is 0 Å². The Morgan fingerprint density at radius 3 is 2.39 bits per heavy atom. The summed E-state index contributed by atoms with van der Waals surface area (Å²) in [5.41, 5.74) is -0.128. The van der Waals surface area contributed by atoms with Crippen molar-refractivity contribution >= 4 is 15.7 Å². The van der Waals surface area contributed by atoms with Crippen LogP contribution in [0, 0.1) is 5.82 Å². The van der Waals surface area contributed by atoms with E-state index in [0.29, 0.717) is 19.8 Å². The minimum Gasteiger partial charge on any atom is -0.379 e. The third-order valence-corrected chi connectivity index (χ3v) is 8.11. The molecule has 1 N–H and O–H groups in total. The van der Waals surface area contributed by atoms with Gasteiger partial charge in [-0.05, 0) is 44.0 Å². The van der Waals surface area contributed by atoms with Crippen LogP contribution in [0.5, 0.6) is 0 Å². The summed E-state index contributed by atoms with van der Waals surface area (Å²) in [5, 5.41) is 1.67. The van der Waals surface area contributed by atoms with E-state index in [1.54, 1.807) is 0 Å². The molecule has 0 bridgehead atoms. The molecule has 28 heavy (non-hydrogen) atoms. The van der Waals surface area contributed by atoms with E-state index < -0.39 is 26.8 Å². The Balaban J connectivity index is 1.69. The minimum atomic E-state index is -3.86. The Hall–Kier alpha value is -1.51. The summed E-state index contributed by atoms with van der Waals surface area (Å²) in [7, 11) is -3.86. The van der Waals surface area contributed by atoms with E-state index in [0.717, 1.165) is 50.9 Å². The van der Waals surface area contributed by atoms with Gasteiger partial charge in [0.15, 0.2) is 9.84 Å². The van der Waals surface area contributed by atoms with Crippen molar-refractivity contribution in [2.75, 3.05) is 32.8 Å². The molecule has 1 aliphatic carbocycles. The number of benzene rings is 1. The van der Waals surface area contributed by atoms with Crippen LogP contribution in [0.25, 0.3) is 0 Å². The lowest BCUT2D eigenvalue weighted by molar-refractivity contribution is -0.121. The largest absolute Gasteiger partial charge is 0.379 e. The number of carbonyl (C=O) groups is 1. The summed E-state index contributed by atoms with van der Waals surface area (Å²) in [6, 6.07) is 4.58. The SMILES string of the molecule is CC(C(=O)NCC1(N2CCOCC2)CCCCC1)S(=O)(=O)c1ccc(F)cc1. The summed E-state index contributed by atoms with van der Waals surface area (Å²) in [4.78, 5) is 15.0. The fourth-order valence-corrected chi connectivity index (χ4v) is 5.51. The van der Waals surface area contributed by atoms with Gasteiger partial charge in [0.05, 0.1) is 18.1 Å². The Morgan fingerprint density at radius 1 is 1.18 bits per heavy atom. The molecule has 1 unspecified atom stereocenters. The first kappa shape index (κ1) is 21.2. The van der Waals surface area contributed by atoms with Crippen LogP contribution in [0.2, 0.25) is 0 Å². The van der Waals surface area contributed by atoms with Gasteiger partial charge in [-0.25, -0.2) is 12.8 Å². The molecule has 0 aromatic heterocycles. The number of hydrogen-bond donors (Lipinski definition) is 1. The highest BCUT2D eigenvalue weighted by Gasteiger charge is 2.40. The van der Waals surface area contributed by atoms with Gasteiger partial charge in [-0.3, -0.25) is 9.69 Å². The Bertz CT molecular complexity index is 770. The van der Waals surface area contributed by atoms with Gasteiger partial charge < -0.3 is 10.1 Å². The minimum absolute atomic E-state index is 0.0443. The summed E-state index contributed by atoms with van der Waals surface area (Å²) in [6.07, 6.45) is 5.39. The fraction of sp³-hybridized carbons (Fsp3) is 0.650. The second-order valence-corrected chi connectivity index (χ2v) is 10.0. The van der Waals surface area contributed by atoms with E-state index in [1.165, 1.54) is 25.5 Å². The van der Waals surface area contributed by atoms with Gasteiger partial charge in [0, 0.05) is 25.2 Å². The van der Waals surface area contributed by atoms with Crippen molar-refractivity contribution < 1.29 is 22.3 Å². The third kappa shape index (κ3) is 4.55. The molecule has 1 saturated carbocycles. The number of carbonyl (C=O) groups excluding carboxylic acids is 1. The zero-order valence-electron chi connectivity index (χ0n) is 16.3. The van der Waals surface area contributed by atoms with E-state index >= 15 is 0 Å². The van der Waals surface area contributed by atoms with Gasteiger partial charge in [0.1, 0.15) is 11.1 Å². The fourth-order valence-electron chi connectivity index (χ4n) is 4.22. The number of ether oxygens (including phenoxy) is 1. The second-order valence-electron chi connectivity index (χ2n) is 7.74. The highest BCUT2D eigenvalue weighted by molar-refractivity contribution is 7.92. The molecular formula is C20H29FN2O4S. The van der Waals surface area contributed by atoms with E-state index in [9.17, 15) is 17.6 Å². The summed E-state index contributed by atoms with van der Waals surface area (Å²) in [6.45, 7) is 4.86. The lowest BCUT2D eigenvalue weighted by Gasteiger charge is -2.48. The second kappa shape index (κ2) is 8.88. The third-order valence-electron chi connectivity index (χ3n) is 6.03. The number of hydrogen-bond acceptors (Lipinski definition) is 5. The normalized spacial score (nSPS) is 21.8. The molecule has 6 nitrogen and oxygen atoms in total. The number of morpholine rings is 1. The first-order valence-electron chi connectivity index (χ1n) is 9.95. The molecule has 1 heterocycles. The highest BCUT2D eigenvalue weighted by atomic mass is 32.2. The lowest BCUT2D eigenvalue weighted by atomic mass is 9.79. The quantitative estimate of drug-likeness (QED) is 0.725. The maximum atomic E-state index is 13.1. The van der Waals surface area contributed by atoms with Gasteiger partial charge >= 0.3 is 0 Å². The molecule has 1 aliphatic heterocycles. The van der Waals surface area contributed by atoms with Crippen LogP contribution in [-0.2, 0) is 19.4 Å².